The van der Waals surface area contributed by atoms with Crippen LogP contribution in [0.4, 0.5) is 0 Å². The van der Waals surface area contributed by atoms with Gasteiger partial charge < -0.3 is 19.5 Å². The topological polar surface area (TPSA) is 60.4 Å². The molecule has 0 aliphatic heterocycles. The van der Waals surface area contributed by atoms with Gasteiger partial charge in [0.05, 0.1) is 19.6 Å². The molecular weight excluding hydrogens is 278 g/mol. The average Bonchev–Trinajstić information content (AvgIpc) is 2.44. The molecule has 0 spiro atoms. The van der Waals surface area contributed by atoms with E-state index in [4.69, 9.17) is 0 Å². The fraction of sp³-hybridized carbons (Fsp3) is 0.944. The maximum absolute atomic E-state index is 10.7. The fourth-order valence-electron chi connectivity index (χ4n) is 3.46. The summed E-state index contributed by atoms with van der Waals surface area (Å²) in [4.78, 5) is 10.7. The number of carbonyl (C=O) groups excluding carboxylic acids is 1. The predicted molar refractivity (Wildman–Crippen MR) is 89.3 cm³/mol. The second-order valence-electron chi connectivity index (χ2n) is 6.67. The number of carboxylic acid groups (broad SMARTS) is 1. The van der Waals surface area contributed by atoms with Gasteiger partial charge in [0.2, 0.25) is 0 Å². The molecule has 0 fully saturated rings. The van der Waals surface area contributed by atoms with E-state index < -0.39 is 5.97 Å². The van der Waals surface area contributed by atoms with E-state index in [1.807, 2.05) is 0 Å². The highest BCUT2D eigenvalue weighted by molar-refractivity contribution is 5.64. The lowest BCUT2D eigenvalue weighted by Crippen LogP contribution is -2.54. The number of hydrogen-bond donors (Lipinski definition) is 1. The van der Waals surface area contributed by atoms with Gasteiger partial charge in [0.1, 0.15) is 12.6 Å². The summed E-state index contributed by atoms with van der Waals surface area (Å²) >= 11 is 0. The minimum absolute atomic E-state index is 0.125. The molecule has 0 bridgehead atoms. The van der Waals surface area contributed by atoms with Gasteiger partial charge in [-0.15, -0.1) is 0 Å². The summed E-state index contributed by atoms with van der Waals surface area (Å²) in [5.74, 6) is -0.966. The number of aliphatic hydroxyl groups is 1. The molecular formula is C18H37NO3. The molecule has 0 saturated carbocycles. The molecule has 4 heteroatoms. The molecule has 1 N–H and O–H groups in total. The summed E-state index contributed by atoms with van der Waals surface area (Å²) in [5, 5.41) is 21.1. The van der Waals surface area contributed by atoms with Crippen molar-refractivity contribution in [1.29, 1.82) is 0 Å². The SMILES string of the molecule is CCCCCCC(O)C[N+](CCC)(CCC)CCCC(=O)[O-]. The van der Waals surface area contributed by atoms with Crippen LogP contribution in [0.3, 0.4) is 0 Å². The Hall–Kier alpha value is -0.610. The van der Waals surface area contributed by atoms with E-state index in [9.17, 15) is 15.0 Å². The van der Waals surface area contributed by atoms with Crippen molar-refractivity contribution < 1.29 is 19.5 Å². The Morgan fingerprint density at radius 3 is 2.09 bits per heavy atom. The van der Waals surface area contributed by atoms with Crippen LogP contribution >= 0.6 is 0 Å². The van der Waals surface area contributed by atoms with Gasteiger partial charge in [0.25, 0.3) is 0 Å². The monoisotopic (exact) mass is 315 g/mol. The standard InChI is InChI=1S/C18H37NO3/c1-4-7-8-9-11-17(20)16-19(13-5-2,14-6-3)15-10-12-18(21)22/h17,20H,4-16H2,1-3H3. The number of unbranched alkanes of at least 4 members (excludes halogenated alkanes) is 3. The molecule has 0 heterocycles. The Labute approximate surface area is 137 Å². The molecule has 22 heavy (non-hydrogen) atoms. The van der Waals surface area contributed by atoms with Gasteiger partial charge in [0.15, 0.2) is 0 Å². The van der Waals surface area contributed by atoms with Gasteiger partial charge >= 0.3 is 0 Å². The summed E-state index contributed by atoms with van der Waals surface area (Å²) in [6, 6.07) is 0. The zero-order valence-corrected chi connectivity index (χ0v) is 15.0. The number of nitrogens with zero attached hydrogens (tertiary/aromatic N) is 1. The lowest BCUT2D eigenvalue weighted by molar-refractivity contribution is -0.931. The minimum Gasteiger partial charge on any atom is -0.550 e. The van der Waals surface area contributed by atoms with E-state index in [1.54, 1.807) is 0 Å². The van der Waals surface area contributed by atoms with Crippen molar-refractivity contribution in [3.05, 3.63) is 0 Å². The van der Waals surface area contributed by atoms with Gasteiger partial charge in [-0.1, -0.05) is 46.5 Å². The number of quaternary nitrogens is 1. The Kier molecular flexibility index (Phi) is 12.5. The van der Waals surface area contributed by atoms with Gasteiger partial charge in [-0.05, 0) is 25.7 Å². The van der Waals surface area contributed by atoms with Crippen LogP contribution in [0.5, 0.6) is 0 Å². The molecule has 0 aliphatic rings. The van der Waals surface area contributed by atoms with Crippen molar-refractivity contribution in [2.45, 2.75) is 84.7 Å². The van der Waals surface area contributed by atoms with Crippen molar-refractivity contribution in [3.8, 4) is 0 Å². The fourth-order valence-corrected chi connectivity index (χ4v) is 3.46. The third-order valence-electron chi connectivity index (χ3n) is 4.40. The number of aliphatic carboxylic acids is 1. The first kappa shape index (κ1) is 21.4. The Balaban J connectivity index is 4.49. The molecule has 1 atom stereocenters. The summed E-state index contributed by atoms with van der Waals surface area (Å²) < 4.78 is 0.856. The quantitative estimate of drug-likeness (QED) is 0.373. The molecule has 132 valence electrons. The molecule has 1 unspecified atom stereocenters. The largest absolute Gasteiger partial charge is 0.550 e. The molecule has 0 amide bonds. The van der Waals surface area contributed by atoms with Crippen LogP contribution in [0, 0.1) is 0 Å². The van der Waals surface area contributed by atoms with Crippen LogP contribution in [-0.4, -0.2) is 47.8 Å². The maximum Gasteiger partial charge on any atom is 0.105 e. The van der Waals surface area contributed by atoms with Crippen molar-refractivity contribution in [2.75, 3.05) is 26.2 Å². The lowest BCUT2D eigenvalue weighted by atomic mass is 10.1. The van der Waals surface area contributed by atoms with Crippen molar-refractivity contribution >= 4 is 5.97 Å². The third-order valence-corrected chi connectivity index (χ3v) is 4.40. The highest BCUT2D eigenvalue weighted by Crippen LogP contribution is 2.17. The first-order chi connectivity index (χ1) is 10.5. The second kappa shape index (κ2) is 12.9. The second-order valence-corrected chi connectivity index (χ2v) is 6.67. The first-order valence-electron chi connectivity index (χ1n) is 9.22. The smallest absolute Gasteiger partial charge is 0.105 e. The van der Waals surface area contributed by atoms with Crippen LogP contribution in [0.1, 0.15) is 78.6 Å². The summed E-state index contributed by atoms with van der Waals surface area (Å²) in [6.07, 6.45) is 8.23. The zero-order valence-electron chi connectivity index (χ0n) is 15.0. The Morgan fingerprint density at radius 1 is 0.955 bits per heavy atom. The van der Waals surface area contributed by atoms with E-state index in [0.717, 1.165) is 56.3 Å². The number of carbonyl (C=O) groups is 1. The van der Waals surface area contributed by atoms with Gasteiger partial charge in [-0.25, -0.2) is 0 Å². The molecule has 0 radical (unpaired) electrons. The van der Waals surface area contributed by atoms with Crippen LogP contribution in [0.25, 0.3) is 0 Å². The van der Waals surface area contributed by atoms with E-state index in [0.29, 0.717) is 6.42 Å². The Morgan fingerprint density at radius 2 is 1.59 bits per heavy atom. The van der Waals surface area contributed by atoms with Crippen LogP contribution in [0.15, 0.2) is 0 Å². The Bertz CT molecular complexity index is 276. The van der Waals surface area contributed by atoms with Crippen molar-refractivity contribution in [3.63, 3.8) is 0 Å². The minimum atomic E-state index is -0.966. The number of aliphatic hydroxyl groups excluding tert-OH is 1. The van der Waals surface area contributed by atoms with Crippen LogP contribution in [0.2, 0.25) is 0 Å². The number of carboxylic acids is 1. The molecule has 0 aromatic rings. The summed E-state index contributed by atoms with van der Waals surface area (Å²) in [6.45, 7) is 10.2. The third kappa shape index (κ3) is 10.2. The van der Waals surface area contributed by atoms with E-state index in [2.05, 4.69) is 20.8 Å². The van der Waals surface area contributed by atoms with E-state index in [1.165, 1.54) is 19.3 Å². The van der Waals surface area contributed by atoms with E-state index in [-0.39, 0.29) is 12.5 Å². The van der Waals surface area contributed by atoms with Gasteiger partial charge in [-0.3, -0.25) is 0 Å². The predicted octanol–water partition coefficient (Wildman–Crippen LogP) is 2.48. The van der Waals surface area contributed by atoms with Gasteiger partial charge in [-0.2, -0.15) is 0 Å². The van der Waals surface area contributed by atoms with Crippen LogP contribution in [-0.2, 0) is 4.79 Å². The number of hydrogen-bond acceptors (Lipinski definition) is 3. The van der Waals surface area contributed by atoms with E-state index >= 15 is 0 Å². The first-order valence-corrected chi connectivity index (χ1v) is 9.22. The normalized spacial score (nSPS) is 13.3. The summed E-state index contributed by atoms with van der Waals surface area (Å²) in [5.41, 5.74) is 0. The molecule has 4 nitrogen and oxygen atoms in total. The average molecular weight is 315 g/mol. The molecule has 0 saturated heterocycles. The molecule has 0 aromatic carbocycles. The van der Waals surface area contributed by atoms with Gasteiger partial charge in [0, 0.05) is 12.4 Å². The molecule has 0 rings (SSSR count). The van der Waals surface area contributed by atoms with Crippen LogP contribution < -0.4 is 5.11 Å². The molecule has 0 aliphatic carbocycles. The van der Waals surface area contributed by atoms with Crippen molar-refractivity contribution in [2.24, 2.45) is 0 Å². The zero-order chi connectivity index (χ0) is 16.8. The maximum atomic E-state index is 10.7. The summed E-state index contributed by atoms with van der Waals surface area (Å²) in [7, 11) is 0. The number of rotatable bonds is 15. The highest BCUT2D eigenvalue weighted by atomic mass is 16.4. The lowest BCUT2D eigenvalue weighted by Gasteiger charge is -2.40. The van der Waals surface area contributed by atoms with Crippen molar-refractivity contribution in [1.82, 2.24) is 0 Å². The molecule has 0 aromatic heterocycles. The highest BCUT2D eigenvalue weighted by Gasteiger charge is 2.28.